The summed E-state index contributed by atoms with van der Waals surface area (Å²) in [6.07, 6.45) is 2.92. The van der Waals surface area contributed by atoms with Gasteiger partial charge >= 0.3 is 7.12 Å². The van der Waals surface area contributed by atoms with Gasteiger partial charge in [-0.2, -0.15) is 0 Å². The van der Waals surface area contributed by atoms with Gasteiger partial charge in [0.15, 0.2) is 6.39 Å². The number of nitrogens with zero attached hydrogens (tertiary/aromatic N) is 1. The van der Waals surface area contributed by atoms with Crippen molar-refractivity contribution < 1.29 is 19.2 Å². The molecule has 2 N–H and O–H groups in total. The van der Waals surface area contributed by atoms with Gasteiger partial charge in [-0.15, -0.1) is 0 Å². The lowest BCUT2D eigenvalue weighted by molar-refractivity contribution is -0.0982. The zero-order chi connectivity index (χ0) is 15.7. The lowest BCUT2D eigenvalue weighted by Crippen LogP contribution is -2.53. The van der Waals surface area contributed by atoms with Crippen molar-refractivity contribution in [2.24, 2.45) is 0 Å². The molecule has 2 rings (SSSR count). The first-order valence-electron chi connectivity index (χ1n) is 6.77. The summed E-state index contributed by atoms with van der Waals surface area (Å²) >= 11 is 0. The summed E-state index contributed by atoms with van der Waals surface area (Å²) < 4.78 is 10.5. The number of hydrogen-bond donors (Lipinski definition) is 2. The quantitative estimate of drug-likeness (QED) is 0.818. The highest BCUT2D eigenvalue weighted by Gasteiger charge is 2.39. The Balaban J connectivity index is 2.12. The second kappa shape index (κ2) is 5.64. The van der Waals surface area contributed by atoms with Crippen molar-refractivity contribution in [2.45, 2.75) is 38.9 Å². The van der Waals surface area contributed by atoms with Crippen molar-refractivity contribution in [1.82, 2.24) is 4.98 Å². The molecule has 0 radical (unpaired) electrons. The van der Waals surface area contributed by atoms with Crippen LogP contribution in [0.15, 0.2) is 41.3 Å². The van der Waals surface area contributed by atoms with Gasteiger partial charge in [0.25, 0.3) is 0 Å². The van der Waals surface area contributed by atoms with Gasteiger partial charge in [0.05, 0.1) is 11.2 Å². The Morgan fingerprint density at radius 3 is 2.24 bits per heavy atom. The van der Waals surface area contributed by atoms with Crippen LogP contribution in [0.2, 0.25) is 0 Å². The van der Waals surface area contributed by atoms with E-state index in [1.54, 1.807) is 46.1 Å². The highest BCUT2D eigenvalue weighted by atomic mass is 16.5. The molecule has 0 aliphatic rings. The first-order valence-corrected chi connectivity index (χ1v) is 6.77. The number of rotatable bonds is 5. The minimum Gasteiger partial charge on any atom is -0.451 e. The second-order valence-corrected chi connectivity index (χ2v) is 6.04. The molecule has 2 aromatic rings. The second-order valence-electron chi connectivity index (χ2n) is 6.04. The summed E-state index contributed by atoms with van der Waals surface area (Å²) in [5.41, 5.74) is 0.265. The van der Waals surface area contributed by atoms with Gasteiger partial charge in [0.1, 0.15) is 12.0 Å². The number of aromatic nitrogens is 1. The summed E-state index contributed by atoms with van der Waals surface area (Å²) in [6, 6.07) is 7.18. The van der Waals surface area contributed by atoms with Crippen LogP contribution in [0.25, 0.3) is 11.3 Å². The van der Waals surface area contributed by atoms with E-state index in [1.165, 1.54) is 6.39 Å². The van der Waals surface area contributed by atoms with Crippen molar-refractivity contribution in [1.29, 1.82) is 0 Å². The van der Waals surface area contributed by atoms with Crippen LogP contribution in [0, 0.1) is 0 Å². The fourth-order valence-corrected chi connectivity index (χ4v) is 1.66. The fourth-order valence-electron chi connectivity index (χ4n) is 1.66. The molecule has 1 aromatic carbocycles. The third-order valence-electron chi connectivity index (χ3n) is 3.80. The minimum atomic E-state index is -1.11. The first kappa shape index (κ1) is 15.8. The SMILES string of the molecule is CC(C)(O)C(C)(C)OB(O)c1ccc(-c2cocn2)cc1. The van der Waals surface area contributed by atoms with Crippen LogP contribution in [0.1, 0.15) is 27.7 Å². The summed E-state index contributed by atoms with van der Waals surface area (Å²) in [4.78, 5) is 4.06. The van der Waals surface area contributed by atoms with Gasteiger partial charge in [0, 0.05) is 5.56 Å². The van der Waals surface area contributed by atoms with Crippen molar-refractivity contribution in [3.8, 4) is 11.3 Å². The Morgan fingerprint density at radius 2 is 1.76 bits per heavy atom. The van der Waals surface area contributed by atoms with E-state index in [-0.39, 0.29) is 0 Å². The summed E-state index contributed by atoms with van der Waals surface area (Å²) in [6.45, 7) is 6.76. The normalized spacial score (nSPS) is 12.5. The highest BCUT2D eigenvalue weighted by Crippen LogP contribution is 2.25. The van der Waals surface area contributed by atoms with Gasteiger partial charge in [-0.1, -0.05) is 24.3 Å². The largest absolute Gasteiger partial charge is 0.491 e. The van der Waals surface area contributed by atoms with Gasteiger partial charge in [0.2, 0.25) is 0 Å². The van der Waals surface area contributed by atoms with Gasteiger partial charge in [-0.05, 0) is 33.2 Å². The molecule has 0 bridgehead atoms. The Morgan fingerprint density at radius 1 is 1.14 bits per heavy atom. The van der Waals surface area contributed by atoms with Crippen LogP contribution in [-0.2, 0) is 4.65 Å². The van der Waals surface area contributed by atoms with E-state index in [4.69, 9.17) is 9.07 Å². The molecule has 21 heavy (non-hydrogen) atoms. The lowest BCUT2D eigenvalue weighted by atomic mass is 9.76. The topological polar surface area (TPSA) is 75.7 Å². The highest BCUT2D eigenvalue weighted by molar-refractivity contribution is 6.60. The average Bonchev–Trinajstić information content (AvgIpc) is 2.91. The molecule has 112 valence electrons. The average molecular weight is 289 g/mol. The Kier molecular flexibility index (Phi) is 4.23. The van der Waals surface area contributed by atoms with E-state index in [1.807, 2.05) is 12.1 Å². The molecule has 5 nitrogen and oxygen atoms in total. The van der Waals surface area contributed by atoms with Crippen LogP contribution in [-0.4, -0.2) is 33.4 Å². The van der Waals surface area contributed by atoms with Crippen LogP contribution in [0.5, 0.6) is 0 Å². The number of oxazole rings is 1. The monoisotopic (exact) mass is 289 g/mol. The predicted molar refractivity (Wildman–Crippen MR) is 81.0 cm³/mol. The smallest absolute Gasteiger partial charge is 0.451 e. The molecular formula is C15H20BNO4. The van der Waals surface area contributed by atoms with E-state index >= 15 is 0 Å². The molecule has 0 unspecified atom stereocenters. The summed E-state index contributed by atoms with van der Waals surface area (Å²) in [5, 5.41) is 20.2. The fraction of sp³-hybridized carbons (Fsp3) is 0.400. The Labute approximate surface area is 124 Å². The third-order valence-corrected chi connectivity index (χ3v) is 3.80. The zero-order valence-electron chi connectivity index (χ0n) is 12.7. The molecule has 0 saturated heterocycles. The van der Waals surface area contributed by atoms with E-state index in [9.17, 15) is 10.1 Å². The number of hydrogen-bond acceptors (Lipinski definition) is 5. The standard InChI is InChI=1S/C15H20BNO4/c1-14(2,18)15(3,4)21-16(19)12-7-5-11(6-8-12)13-9-20-10-17-13/h5-10,18-19H,1-4H3. The molecule has 0 saturated carbocycles. The van der Waals surface area contributed by atoms with Crippen molar-refractivity contribution in [3.63, 3.8) is 0 Å². The maximum Gasteiger partial charge on any atom is 0.491 e. The molecule has 0 spiro atoms. The number of benzene rings is 1. The van der Waals surface area contributed by atoms with E-state index in [2.05, 4.69) is 4.98 Å². The van der Waals surface area contributed by atoms with Gasteiger partial charge < -0.3 is 19.2 Å². The summed E-state index contributed by atoms with van der Waals surface area (Å²) in [5.74, 6) is 0. The van der Waals surface area contributed by atoms with Crippen LogP contribution >= 0.6 is 0 Å². The van der Waals surface area contributed by atoms with Gasteiger partial charge in [-0.25, -0.2) is 4.98 Å². The van der Waals surface area contributed by atoms with Crippen molar-refractivity contribution >= 4 is 12.6 Å². The molecular weight excluding hydrogens is 269 g/mol. The predicted octanol–water partition coefficient (Wildman–Crippen LogP) is 1.60. The summed E-state index contributed by atoms with van der Waals surface area (Å²) in [7, 11) is -1.11. The lowest BCUT2D eigenvalue weighted by Gasteiger charge is -2.38. The molecule has 0 atom stereocenters. The van der Waals surface area contributed by atoms with Crippen LogP contribution in [0.3, 0.4) is 0 Å². The molecule has 1 heterocycles. The van der Waals surface area contributed by atoms with Crippen molar-refractivity contribution in [3.05, 3.63) is 36.9 Å². The molecule has 0 aliphatic heterocycles. The maximum absolute atomic E-state index is 10.2. The Bertz CT molecular complexity index is 573. The molecule has 0 amide bonds. The minimum absolute atomic E-state index is 0.611. The molecule has 0 fully saturated rings. The maximum atomic E-state index is 10.2. The van der Waals surface area contributed by atoms with E-state index < -0.39 is 18.3 Å². The van der Waals surface area contributed by atoms with E-state index in [0.29, 0.717) is 5.46 Å². The van der Waals surface area contributed by atoms with Crippen molar-refractivity contribution in [2.75, 3.05) is 0 Å². The molecule has 0 aliphatic carbocycles. The van der Waals surface area contributed by atoms with Gasteiger partial charge in [-0.3, -0.25) is 0 Å². The first-order chi connectivity index (χ1) is 9.71. The Hall–Kier alpha value is -1.63. The molecule has 6 heteroatoms. The number of aliphatic hydroxyl groups is 1. The van der Waals surface area contributed by atoms with Crippen LogP contribution < -0.4 is 5.46 Å². The molecule has 1 aromatic heterocycles. The third kappa shape index (κ3) is 3.53. The van der Waals surface area contributed by atoms with Crippen LogP contribution in [0.4, 0.5) is 0 Å². The van der Waals surface area contributed by atoms with E-state index in [0.717, 1.165) is 11.3 Å². The zero-order valence-corrected chi connectivity index (χ0v) is 12.7.